The molecule has 0 unspecified atom stereocenters. The highest BCUT2D eigenvalue weighted by Crippen LogP contribution is 2.51. The lowest BCUT2D eigenvalue weighted by atomic mass is 9.69. The molecule has 2 aliphatic rings. The molecule has 3 atom stereocenters. The van der Waals surface area contributed by atoms with Crippen LogP contribution in [0.15, 0.2) is 126 Å². The minimum Gasteiger partial charge on any atom is -0.394 e. The molecule has 6 rings (SSSR count). The van der Waals surface area contributed by atoms with Gasteiger partial charge >= 0.3 is 0 Å². The Bertz CT molecular complexity index is 1380. The molecule has 4 aromatic carbocycles. The molecular formula is C38H43N3O3. The lowest BCUT2D eigenvalue weighted by Crippen LogP contribution is -2.58. The molecule has 2 aliphatic heterocycles. The molecule has 0 aromatic heterocycles. The molecule has 0 bridgehead atoms. The summed E-state index contributed by atoms with van der Waals surface area (Å²) in [7, 11) is 0. The Labute approximate surface area is 261 Å². The molecule has 3 N–H and O–H groups in total. The van der Waals surface area contributed by atoms with Crippen LogP contribution in [-0.4, -0.2) is 41.7 Å². The second-order valence-corrected chi connectivity index (χ2v) is 13.3. The summed E-state index contributed by atoms with van der Waals surface area (Å²) < 4.78 is 14.1. The maximum absolute atomic E-state index is 10.6. The summed E-state index contributed by atoms with van der Waals surface area (Å²) in [6.45, 7) is 10.2. The maximum atomic E-state index is 10.6. The summed E-state index contributed by atoms with van der Waals surface area (Å²) in [6.07, 6.45) is -1.05. The maximum Gasteiger partial charge on any atom is 0.193 e. The van der Waals surface area contributed by atoms with Crippen LogP contribution in [0.1, 0.15) is 56.9 Å². The molecule has 6 heteroatoms. The largest absolute Gasteiger partial charge is 0.394 e. The van der Waals surface area contributed by atoms with Gasteiger partial charge in [-0.1, -0.05) is 142 Å². The Kier molecular flexibility index (Phi) is 7.87. The Hall–Kier alpha value is -3.97. The van der Waals surface area contributed by atoms with Gasteiger partial charge in [0.1, 0.15) is 23.3 Å². The van der Waals surface area contributed by atoms with E-state index in [1.165, 1.54) is 0 Å². The van der Waals surface area contributed by atoms with Crippen LogP contribution in [0.2, 0.25) is 0 Å². The fourth-order valence-electron chi connectivity index (χ4n) is 6.75. The van der Waals surface area contributed by atoms with Gasteiger partial charge in [0.2, 0.25) is 0 Å². The molecule has 2 heterocycles. The average molecular weight is 590 g/mol. The van der Waals surface area contributed by atoms with E-state index in [4.69, 9.17) is 14.5 Å². The first-order valence-electron chi connectivity index (χ1n) is 15.4. The van der Waals surface area contributed by atoms with E-state index >= 15 is 0 Å². The molecule has 0 saturated carbocycles. The number of hydrogen-bond acceptors (Lipinski definition) is 4. The van der Waals surface area contributed by atoms with Crippen LogP contribution in [0.5, 0.6) is 0 Å². The molecule has 2 fully saturated rings. The molecule has 2 saturated heterocycles. The fraction of sp³-hybridized carbons (Fsp3) is 0.342. The predicted octanol–water partition coefficient (Wildman–Crippen LogP) is 6.35. The number of fused-ring (bicyclic) bond motifs is 1. The van der Waals surface area contributed by atoms with Gasteiger partial charge in [0, 0.05) is 0 Å². The van der Waals surface area contributed by atoms with Gasteiger partial charge in [0.05, 0.1) is 12.6 Å². The van der Waals surface area contributed by atoms with Gasteiger partial charge in [0.15, 0.2) is 11.7 Å². The lowest BCUT2D eigenvalue weighted by Gasteiger charge is -2.43. The van der Waals surface area contributed by atoms with Crippen molar-refractivity contribution < 1.29 is 14.6 Å². The van der Waals surface area contributed by atoms with E-state index in [0.29, 0.717) is 5.96 Å². The fourth-order valence-corrected chi connectivity index (χ4v) is 6.75. The molecule has 0 amide bonds. The second-order valence-electron chi connectivity index (χ2n) is 13.3. The molecule has 0 aliphatic carbocycles. The van der Waals surface area contributed by atoms with E-state index in [9.17, 15) is 5.11 Å². The summed E-state index contributed by atoms with van der Waals surface area (Å²) in [5.74, 6) is -0.338. The zero-order chi connectivity index (χ0) is 31.0. The van der Waals surface area contributed by atoms with E-state index < -0.39 is 29.1 Å². The summed E-state index contributed by atoms with van der Waals surface area (Å²) in [5.41, 5.74) is 1.93. The molecule has 6 nitrogen and oxygen atoms in total. The van der Waals surface area contributed by atoms with E-state index in [-0.39, 0.29) is 18.1 Å². The number of hydrogen-bond donors (Lipinski definition) is 3. The van der Waals surface area contributed by atoms with E-state index in [0.717, 1.165) is 22.3 Å². The van der Waals surface area contributed by atoms with Gasteiger partial charge in [-0.05, 0) is 41.5 Å². The SMILES string of the molecule is CC1(C)O[C@@H]2[C@@H](O1)C(c1ccccc1)(c1ccccc1)NC(=N[C@H](CO)C(C)(C)C)NC2(c1ccccc1)c1ccccc1. The van der Waals surface area contributed by atoms with Crippen molar-refractivity contribution in [3.8, 4) is 0 Å². The first-order chi connectivity index (χ1) is 21.1. The molecular weight excluding hydrogens is 546 g/mol. The van der Waals surface area contributed by atoms with E-state index in [2.05, 4.69) is 128 Å². The summed E-state index contributed by atoms with van der Waals surface area (Å²) in [6, 6.07) is 41.2. The van der Waals surface area contributed by atoms with Gasteiger partial charge in [0.25, 0.3) is 0 Å². The van der Waals surface area contributed by atoms with Crippen LogP contribution in [0.3, 0.4) is 0 Å². The Balaban J connectivity index is 1.74. The van der Waals surface area contributed by atoms with Crippen molar-refractivity contribution in [2.75, 3.05) is 6.61 Å². The number of aliphatic hydroxyl groups is 1. The standard InChI is InChI=1S/C38H43N3O3/c1-35(2,3)31(26-42)39-34-40-37(27-18-10-6-11-19-27,28-20-12-7-13-21-28)32-33(44-36(4,5)43-32)38(41-34,29-22-14-8-15-23-29)30-24-16-9-17-25-30/h6-25,31-33,42H,26H2,1-5H3,(H2,39,40,41)/t31-,32-,33-/m1/s1. The monoisotopic (exact) mass is 589 g/mol. The van der Waals surface area contributed by atoms with Crippen molar-refractivity contribution in [1.82, 2.24) is 10.6 Å². The van der Waals surface area contributed by atoms with Crippen LogP contribution < -0.4 is 10.6 Å². The first-order valence-corrected chi connectivity index (χ1v) is 15.4. The van der Waals surface area contributed by atoms with Crippen LogP contribution in [-0.2, 0) is 20.6 Å². The normalized spacial score (nSPS) is 22.5. The topological polar surface area (TPSA) is 75.1 Å². The van der Waals surface area contributed by atoms with Crippen molar-refractivity contribution in [3.63, 3.8) is 0 Å². The smallest absolute Gasteiger partial charge is 0.193 e. The Morgan fingerprint density at radius 3 is 1.23 bits per heavy atom. The van der Waals surface area contributed by atoms with Crippen molar-refractivity contribution in [2.24, 2.45) is 10.4 Å². The van der Waals surface area contributed by atoms with Crippen molar-refractivity contribution in [2.45, 2.75) is 69.7 Å². The van der Waals surface area contributed by atoms with Crippen molar-refractivity contribution >= 4 is 5.96 Å². The number of aliphatic hydroxyl groups excluding tert-OH is 1. The third-order valence-electron chi connectivity index (χ3n) is 8.96. The van der Waals surface area contributed by atoms with Crippen LogP contribution in [0, 0.1) is 5.41 Å². The van der Waals surface area contributed by atoms with Gasteiger partial charge in [-0.3, -0.25) is 0 Å². The number of nitrogens with one attached hydrogen (secondary N) is 2. The highest BCUT2D eigenvalue weighted by molar-refractivity contribution is 5.85. The van der Waals surface area contributed by atoms with E-state index in [1.807, 2.05) is 38.1 Å². The summed E-state index contributed by atoms with van der Waals surface area (Å²) in [4.78, 5) is 5.27. The minimum absolute atomic E-state index is 0.101. The predicted molar refractivity (Wildman–Crippen MR) is 175 cm³/mol. The van der Waals surface area contributed by atoms with Crippen LogP contribution in [0.25, 0.3) is 0 Å². The van der Waals surface area contributed by atoms with Crippen LogP contribution in [0.4, 0.5) is 0 Å². The Morgan fingerprint density at radius 1 is 0.636 bits per heavy atom. The molecule has 0 radical (unpaired) electrons. The molecule has 0 spiro atoms. The quantitative estimate of drug-likeness (QED) is 0.244. The highest BCUT2D eigenvalue weighted by atomic mass is 16.8. The van der Waals surface area contributed by atoms with Crippen LogP contribution >= 0.6 is 0 Å². The summed E-state index contributed by atoms with van der Waals surface area (Å²) >= 11 is 0. The van der Waals surface area contributed by atoms with Gasteiger partial charge in [-0.15, -0.1) is 0 Å². The Morgan fingerprint density at radius 2 is 0.955 bits per heavy atom. The van der Waals surface area contributed by atoms with Gasteiger partial charge in [-0.25, -0.2) is 4.99 Å². The first kappa shape index (κ1) is 30.1. The minimum atomic E-state index is -0.921. The third-order valence-corrected chi connectivity index (χ3v) is 8.96. The van der Waals surface area contributed by atoms with Gasteiger partial charge in [-0.2, -0.15) is 0 Å². The number of ether oxygens (including phenoxy) is 2. The zero-order valence-corrected chi connectivity index (χ0v) is 26.2. The van der Waals surface area contributed by atoms with Crippen molar-refractivity contribution in [3.05, 3.63) is 144 Å². The number of rotatable bonds is 6. The van der Waals surface area contributed by atoms with E-state index in [1.54, 1.807) is 0 Å². The molecule has 4 aromatic rings. The third kappa shape index (κ3) is 5.21. The van der Waals surface area contributed by atoms with Crippen molar-refractivity contribution in [1.29, 1.82) is 0 Å². The molecule has 228 valence electrons. The number of nitrogens with zero attached hydrogens (tertiary/aromatic N) is 1. The second kappa shape index (κ2) is 11.5. The molecule has 44 heavy (non-hydrogen) atoms. The number of guanidine groups is 1. The van der Waals surface area contributed by atoms with Gasteiger partial charge < -0.3 is 25.2 Å². The zero-order valence-electron chi connectivity index (χ0n) is 26.2. The number of aliphatic imine (C=N–C) groups is 1. The summed E-state index contributed by atoms with van der Waals surface area (Å²) in [5, 5.41) is 18.5. The average Bonchev–Trinajstić information content (AvgIpc) is 3.32. The lowest BCUT2D eigenvalue weighted by molar-refractivity contribution is -0.156. The number of benzene rings is 4. The highest BCUT2D eigenvalue weighted by Gasteiger charge is 2.64.